The number of benzene rings is 2. The Kier molecular flexibility index (Phi) is 3.52. The van der Waals surface area contributed by atoms with E-state index in [1.165, 1.54) is 7.05 Å². The van der Waals surface area contributed by atoms with E-state index in [9.17, 15) is 0 Å². The van der Waals surface area contributed by atoms with Gasteiger partial charge in [0.1, 0.15) is 5.69 Å². The van der Waals surface area contributed by atoms with Crippen molar-refractivity contribution in [2.24, 2.45) is 5.73 Å². The van der Waals surface area contributed by atoms with Crippen LogP contribution in [0.25, 0.3) is 22.2 Å². The molecule has 3 aromatic rings. The van der Waals surface area contributed by atoms with Crippen LogP contribution in [0.15, 0.2) is 59.1 Å². The third-order valence-corrected chi connectivity index (χ3v) is 2.42. The first kappa shape index (κ1) is 11.4. The van der Waals surface area contributed by atoms with E-state index in [1.54, 1.807) is 0 Å². The number of aromatic nitrogens is 1. The van der Waals surface area contributed by atoms with Gasteiger partial charge < -0.3 is 10.3 Å². The lowest BCUT2D eigenvalue weighted by molar-refractivity contribution is 0.459. The van der Waals surface area contributed by atoms with E-state index < -0.39 is 0 Å². The maximum atomic E-state index is 5.25. The molecule has 0 unspecified atom stereocenters. The summed E-state index contributed by atoms with van der Waals surface area (Å²) in [7, 11) is 1.50. The van der Waals surface area contributed by atoms with Crippen molar-refractivity contribution in [2.75, 3.05) is 7.05 Å². The number of hydrogen-bond acceptors (Lipinski definition) is 3. The van der Waals surface area contributed by atoms with Crippen LogP contribution in [0, 0.1) is 0 Å². The molecular weight excluding hydrogens is 212 g/mol. The number of nitrogens with two attached hydrogens (primary N) is 1. The average Bonchev–Trinajstić information content (AvgIpc) is 2.86. The zero-order valence-electron chi connectivity index (χ0n) is 9.63. The van der Waals surface area contributed by atoms with Crippen LogP contribution in [0.3, 0.4) is 0 Å². The molecule has 0 saturated carbocycles. The molecule has 3 heteroatoms. The van der Waals surface area contributed by atoms with Crippen molar-refractivity contribution in [2.45, 2.75) is 0 Å². The monoisotopic (exact) mass is 226 g/mol. The molecule has 2 aromatic carbocycles. The van der Waals surface area contributed by atoms with Gasteiger partial charge in [-0.25, -0.2) is 0 Å². The minimum Gasteiger partial charge on any atom is -0.356 e. The fourth-order valence-corrected chi connectivity index (χ4v) is 1.69. The minimum atomic E-state index is 0.830. The van der Waals surface area contributed by atoms with E-state index >= 15 is 0 Å². The molecule has 3 nitrogen and oxygen atoms in total. The second kappa shape index (κ2) is 5.27. The summed E-state index contributed by atoms with van der Waals surface area (Å²) in [5.74, 6) is 0. The van der Waals surface area contributed by atoms with Gasteiger partial charge in [-0.3, -0.25) is 0 Å². The Morgan fingerprint density at radius 3 is 2.29 bits per heavy atom. The second-order valence-corrected chi connectivity index (χ2v) is 3.39. The maximum Gasteiger partial charge on any atom is 0.167 e. The Balaban J connectivity index is 0.000000514. The lowest BCUT2D eigenvalue weighted by atomic mass is 10.1. The first-order valence-electron chi connectivity index (χ1n) is 5.43. The second-order valence-electron chi connectivity index (χ2n) is 3.39. The molecule has 0 radical (unpaired) electrons. The molecule has 86 valence electrons. The Bertz CT molecular complexity index is 587. The summed E-state index contributed by atoms with van der Waals surface area (Å²) in [5, 5.41) is 5.15. The van der Waals surface area contributed by atoms with Crippen LogP contribution in [-0.2, 0) is 0 Å². The molecule has 0 fully saturated rings. The predicted octanol–water partition coefficient (Wildman–Crippen LogP) is 3.07. The number of nitrogens with zero attached hydrogens (tertiary/aromatic N) is 1. The molecule has 0 amide bonds. The van der Waals surface area contributed by atoms with Crippen LogP contribution in [0.4, 0.5) is 0 Å². The van der Waals surface area contributed by atoms with Gasteiger partial charge in [-0.05, 0) is 19.2 Å². The summed E-state index contributed by atoms with van der Waals surface area (Å²) in [6.07, 6.45) is 0. The largest absolute Gasteiger partial charge is 0.356 e. The lowest BCUT2D eigenvalue weighted by Crippen LogP contribution is -1.76. The molecule has 1 heterocycles. The molecule has 0 spiro atoms. The quantitative estimate of drug-likeness (QED) is 0.693. The Hall–Kier alpha value is -2.13. The van der Waals surface area contributed by atoms with E-state index in [-0.39, 0.29) is 0 Å². The highest BCUT2D eigenvalue weighted by Gasteiger charge is 2.08. The zero-order chi connectivity index (χ0) is 12.1. The van der Waals surface area contributed by atoms with Crippen molar-refractivity contribution in [3.05, 3.63) is 54.6 Å². The Morgan fingerprint density at radius 1 is 0.882 bits per heavy atom. The van der Waals surface area contributed by atoms with E-state index in [2.05, 4.69) is 10.9 Å². The highest BCUT2D eigenvalue weighted by atomic mass is 16.5. The van der Waals surface area contributed by atoms with Crippen molar-refractivity contribution in [1.82, 2.24) is 5.16 Å². The lowest BCUT2D eigenvalue weighted by Gasteiger charge is -1.94. The Labute approximate surface area is 99.8 Å². The van der Waals surface area contributed by atoms with E-state index in [4.69, 9.17) is 4.52 Å². The molecule has 3 rings (SSSR count). The van der Waals surface area contributed by atoms with Crippen molar-refractivity contribution >= 4 is 11.0 Å². The number of para-hydroxylation sites is 1. The molecule has 2 N–H and O–H groups in total. The maximum absolute atomic E-state index is 5.25. The van der Waals surface area contributed by atoms with Gasteiger partial charge in [0.05, 0.1) is 0 Å². The summed E-state index contributed by atoms with van der Waals surface area (Å²) in [5.41, 5.74) is 7.32. The third kappa shape index (κ3) is 2.19. The summed E-state index contributed by atoms with van der Waals surface area (Å²) in [6, 6.07) is 17.9. The van der Waals surface area contributed by atoms with Crippen LogP contribution in [-0.4, -0.2) is 12.2 Å². The van der Waals surface area contributed by atoms with Crippen molar-refractivity contribution in [3.8, 4) is 11.3 Å². The Morgan fingerprint density at radius 2 is 1.53 bits per heavy atom. The van der Waals surface area contributed by atoms with Crippen molar-refractivity contribution < 1.29 is 4.52 Å². The van der Waals surface area contributed by atoms with Gasteiger partial charge in [-0.2, -0.15) is 0 Å². The van der Waals surface area contributed by atoms with Gasteiger partial charge in [0.25, 0.3) is 0 Å². The predicted molar refractivity (Wildman–Crippen MR) is 69.6 cm³/mol. The van der Waals surface area contributed by atoms with Crippen molar-refractivity contribution in [1.29, 1.82) is 0 Å². The SMILES string of the molecule is CN.c1ccc(-c2noc3ccccc23)cc1. The van der Waals surface area contributed by atoms with Gasteiger partial charge in [0.15, 0.2) is 5.58 Å². The highest BCUT2D eigenvalue weighted by Crippen LogP contribution is 2.26. The van der Waals surface area contributed by atoms with E-state index in [1.807, 2.05) is 54.6 Å². The summed E-state index contributed by atoms with van der Waals surface area (Å²) >= 11 is 0. The number of hydrogen-bond donors (Lipinski definition) is 1. The molecule has 0 aliphatic rings. The van der Waals surface area contributed by atoms with Gasteiger partial charge >= 0.3 is 0 Å². The minimum absolute atomic E-state index is 0.830. The molecule has 17 heavy (non-hydrogen) atoms. The number of fused-ring (bicyclic) bond motifs is 1. The topological polar surface area (TPSA) is 52.0 Å². The first-order chi connectivity index (χ1) is 8.45. The van der Waals surface area contributed by atoms with Crippen LogP contribution in [0.5, 0.6) is 0 Å². The van der Waals surface area contributed by atoms with Gasteiger partial charge in [0, 0.05) is 10.9 Å². The highest BCUT2D eigenvalue weighted by molar-refractivity contribution is 5.91. The first-order valence-corrected chi connectivity index (χ1v) is 5.43. The fourth-order valence-electron chi connectivity index (χ4n) is 1.69. The van der Waals surface area contributed by atoms with Crippen LogP contribution >= 0.6 is 0 Å². The van der Waals surface area contributed by atoms with Crippen LogP contribution < -0.4 is 5.73 Å². The molecule has 1 aromatic heterocycles. The van der Waals surface area contributed by atoms with Gasteiger partial charge in [0.2, 0.25) is 0 Å². The molecule has 0 saturated heterocycles. The number of rotatable bonds is 1. The van der Waals surface area contributed by atoms with Crippen LogP contribution in [0.1, 0.15) is 0 Å². The van der Waals surface area contributed by atoms with Gasteiger partial charge in [-0.1, -0.05) is 47.6 Å². The summed E-state index contributed by atoms with van der Waals surface area (Å²) in [4.78, 5) is 0. The normalized spacial score (nSPS) is 9.76. The molecule has 0 aliphatic carbocycles. The molecular formula is C14H14N2O. The van der Waals surface area contributed by atoms with Crippen LogP contribution in [0.2, 0.25) is 0 Å². The standard InChI is InChI=1S/C13H9NO.CH5N/c1-2-6-10(7-3-1)13-11-8-4-5-9-12(11)15-14-13;1-2/h1-9H;2H2,1H3. The summed E-state index contributed by atoms with van der Waals surface area (Å²) in [6.45, 7) is 0. The summed E-state index contributed by atoms with van der Waals surface area (Å²) < 4.78 is 5.25. The molecule has 0 aliphatic heterocycles. The van der Waals surface area contributed by atoms with E-state index in [0.717, 1.165) is 22.2 Å². The zero-order valence-corrected chi connectivity index (χ0v) is 9.63. The smallest absolute Gasteiger partial charge is 0.167 e. The van der Waals surface area contributed by atoms with Gasteiger partial charge in [-0.15, -0.1) is 0 Å². The van der Waals surface area contributed by atoms with E-state index in [0.29, 0.717) is 0 Å². The average molecular weight is 226 g/mol. The van der Waals surface area contributed by atoms with Crippen molar-refractivity contribution in [3.63, 3.8) is 0 Å². The molecule has 0 bridgehead atoms. The fraction of sp³-hybridized carbons (Fsp3) is 0.0714. The third-order valence-electron chi connectivity index (χ3n) is 2.42. The molecule has 0 atom stereocenters.